The molecule has 1 atom stereocenters. The quantitative estimate of drug-likeness (QED) is 0.840. The summed E-state index contributed by atoms with van der Waals surface area (Å²) < 4.78 is 1.53. The lowest BCUT2D eigenvalue weighted by Crippen LogP contribution is -2.25. The second-order valence-electron chi connectivity index (χ2n) is 5.03. The van der Waals surface area contributed by atoms with Crippen molar-refractivity contribution in [1.29, 1.82) is 0 Å². The molecular weight excluding hydrogens is 264 g/mol. The topological polar surface area (TPSA) is 68.2 Å². The Kier molecular flexibility index (Phi) is 2.99. The average molecular weight is 279 g/mol. The van der Waals surface area contributed by atoms with Gasteiger partial charge in [0.2, 0.25) is 0 Å². The van der Waals surface area contributed by atoms with E-state index in [1.807, 2.05) is 12.1 Å². The molecule has 5 heteroatoms. The van der Waals surface area contributed by atoms with Crippen molar-refractivity contribution in [2.75, 3.05) is 6.61 Å². The Bertz CT molecular complexity index is 663. The number of primary amides is 1. The summed E-state index contributed by atoms with van der Waals surface area (Å²) in [6, 6.07) is 5.10. The number of nitrogens with two attached hydrogens (primary N) is 1. The molecule has 0 saturated carbocycles. The fraction of sp³-hybridized carbons (Fsp3) is 0.357. The van der Waals surface area contributed by atoms with Crippen molar-refractivity contribution in [3.63, 3.8) is 0 Å². The molecule has 1 aromatic heterocycles. The minimum absolute atomic E-state index is 0.170. The monoisotopic (exact) mass is 278 g/mol. The summed E-state index contributed by atoms with van der Waals surface area (Å²) in [7, 11) is 0. The van der Waals surface area contributed by atoms with Crippen molar-refractivity contribution >= 4 is 28.5 Å². The fourth-order valence-electron chi connectivity index (χ4n) is 3.03. The molecule has 1 heterocycles. The van der Waals surface area contributed by atoms with Crippen LogP contribution in [0, 0.1) is 5.92 Å². The molecule has 3 N–H and O–H groups in total. The zero-order chi connectivity index (χ0) is 13.6. The molecule has 0 aliphatic heterocycles. The first kappa shape index (κ1) is 12.5. The van der Waals surface area contributed by atoms with Crippen molar-refractivity contribution in [1.82, 2.24) is 4.57 Å². The number of halogens is 1. The number of carbonyl (C=O) groups excluding carboxylic acids is 1. The van der Waals surface area contributed by atoms with Crippen LogP contribution in [0.4, 0.5) is 4.79 Å². The van der Waals surface area contributed by atoms with Gasteiger partial charge < -0.3 is 10.8 Å². The van der Waals surface area contributed by atoms with Gasteiger partial charge in [0.25, 0.3) is 0 Å². The van der Waals surface area contributed by atoms with Crippen molar-refractivity contribution in [3.05, 3.63) is 34.5 Å². The largest absolute Gasteiger partial charge is 0.396 e. The van der Waals surface area contributed by atoms with Crippen LogP contribution >= 0.6 is 11.6 Å². The van der Waals surface area contributed by atoms with E-state index in [1.165, 1.54) is 4.57 Å². The number of aromatic nitrogens is 1. The van der Waals surface area contributed by atoms with E-state index in [-0.39, 0.29) is 12.5 Å². The second-order valence-corrected chi connectivity index (χ2v) is 5.43. The third kappa shape index (κ3) is 1.83. The second kappa shape index (κ2) is 4.54. The highest BCUT2D eigenvalue weighted by molar-refractivity contribution is 6.35. The third-order valence-corrected chi connectivity index (χ3v) is 4.22. The molecule has 0 fully saturated rings. The minimum atomic E-state index is -0.498. The van der Waals surface area contributed by atoms with Gasteiger partial charge in [-0.05, 0) is 36.8 Å². The molecule has 0 spiro atoms. The van der Waals surface area contributed by atoms with E-state index in [9.17, 15) is 9.90 Å². The molecule has 1 aromatic carbocycles. The highest BCUT2D eigenvalue weighted by Crippen LogP contribution is 2.36. The Morgan fingerprint density at radius 3 is 3.00 bits per heavy atom. The van der Waals surface area contributed by atoms with Crippen LogP contribution in [-0.2, 0) is 12.8 Å². The molecule has 100 valence electrons. The molecular formula is C14H15ClN2O2. The van der Waals surface area contributed by atoms with Gasteiger partial charge in [0, 0.05) is 17.7 Å². The predicted octanol–water partition coefficient (Wildman–Crippen LogP) is 2.32. The number of benzene rings is 1. The Morgan fingerprint density at radius 2 is 2.32 bits per heavy atom. The van der Waals surface area contributed by atoms with Crippen LogP contribution in [0.3, 0.4) is 0 Å². The number of fused-ring (bicyclic) bond motifs is 3. The lowest BCUT2D eigenvalue weighted by Gasteiger charge is -2.21. The molecule has 19 heavy (non-hydrogen) atoms. The standard InChI is InChI=1S/C14H15ClN2O2/c15-11-3-1-2-9-10-6-8(7-18)4-5-12(10)17(13(9)11)14(16)19/h1-3,8,18H,4-7H2,(H2,16,19). The smallest absolute Gasteiger partial charge is 0.323 e. The third-order valence-electron chi connectivity index (χ3n) is 3.91. The van der Waals surface area contributed by atoms with Gasteiger partial charge in [-0.15, -0.1) is 0 Å². The normalized spacial score (nSPS) is 18.5. The summed E-state index contributed by atoms with van der Waals surface area (Å²) in [5.74, 6) is 0.249. The van der Waals surface area contributed by atoms with Gasteiger partial charge in [-0.2, -0.15) is 0 Å². The van der Waals surface area contributed by atoms with Gasteiger partial charge in [-0.3, -0.25) is 4.57 Å². The summed E-state index contributed by atoms with van der Waals surface area (Å²) in [5.41, 5.74) is 8.24. The van der Waals surface area contributed by atoms with Gasteiger partial charge in [0.15, 0.2) is 0 Å². The number of carbonyl (C=O) groups is 1. The molecule has 1 amide bonds. The number of amides is 1. The fourth-order valence-corrected chi connectivity index (χ4v) is 3.29. The van der Waals surface area contributed by atoms with Crippen molar-refractivity contribution in [2.24, 2.45) is 11.7 Å². The van der Waals surface area contributed by atoms with E-state index in [4.69, 9.17) is 17.3 Å². The zero-order valence-electron chi connectivity index (χ0n) is 10.4. The minimum Gasteiger partial charge on any atom is -0.396 e. The number of para-hydroxylation sites is 1. The molecule has 0 radical (unpaired) electrons. The molecule has 1 aliphatic rings. The summed E-state index contributed by atoms with van der Waals surface area (Å²) in [6.45, 7) is 0.170. The maximum atomic E-state index is 11.7. The molecule has 1 unspecified atom stereocenters. The van der Waals surface area contributed by atoms with Gasteiger partial charge in [0.05, 0.1) is 10.5 Å². The zero-order valence-corrected chi connectivity index (χ0v) is 11.2. The van der Waals surface area contributed by atoms with E-state index in [0.29, 0.717) is 10.5 Å². The van der Waals surface area contributed by atoms with Crippen molar-refractivity contribution in [3.8, 4) is 0 Å². The number of rotatable bonds is 1. The van der Waals surface area contributed by atoms with Gasteiger partial charge >= 0.3 is 6.03 Å². The van der Waals surface area contributed by atoms with Crippen molar-refractivity contribution < 1.29 is 9.90 Å². The van der Waals surface area contributed by atoms with Crippen LogP contribution in [0.5, 0.6) is 0 Å². The van der Waals surface area contributed by atoms with Crippen LogP contribution in [-0.4, -0.2) is 22.3 Å². The summed E-state index contributed by atoms with van der Waals surface area (Å²) >= 11 is 6.22. The molecule has 3 rings (SSSR count). The number of hydrogen-bond acceptors (Lipinski definition) is 2. The highest BCUT2D eigenvalue weighted by atomic mass is 35.5. The number of aliphatic hydroxyl groups excluding tert-OH is 1. The maximum absolute atomic E-state index is 11.7. The van der Waals surface area contributed by atoms with Crippen LogP contribution in [0.15, 0.2) is 18.2 Å². The molecule has 0 bridgehead atoms. The molecule has 2 aromatic rings. The van der Waals surface area contributed by atoms with Crippen LogP contribution < -0.4 is 5.73 Å². The predicted molar refractivity (Wildman–Crippen MR) is 74.5 cm³/mol. The van der Waals surface area contributed by atoms with Gasteiger partial charge in [-0.25, -0.2) is 4.79 Å². The Balaban J connectivity index is 2.32. The van der Waals surface area contributed by atoms with E-state index in [2.05, 4.69) is 0 Å². The molecule has 4 nitrogen and oxygen atoms in total. The molecule has 0 saturated heterocycles. The van der Waals surface area contributed by atoms with Gasteiger partial charge in [0.1, 0.15) is 0 Å². The van der Waals surface area contributed by atoms with Crippen LogP contribution in [0.1, 0.15) is 17.7 Å². The van der Waals surface area contributed by atoms with Crippen LogP contribution in [0.2, 0.25) is 5.02 Å². The number of nitrogens with zero attached hydrogens (tertiary/aromatic N) is 1. The summed E-state index contributed by atoms with van der Waals surface area (Å²) in [6.07, 6.45) is 2.38. The highest BCUT2D eigenvalue weighted by Gasteiger charge is 2.27. The average Bonchev–Trinajstić information content (AvgIpc) is 2.74. The van der Waals surface area contributed by atoms with Crippen molar-refractivity contribution in [2.45, 2.75) is 19.3 Å². The van der Waals surface area contributed by atoms with E-state index in [0.717, 1.165) is 35.9 Å². The van der Waals surface area contributed by atoms with E-state index < -0.39 is 6.03 Å². The summed E-state index contributed by atoms with van der Waals surface area (Å²) in [4.78, 5) is 11.7. The maximum Gasteiger partial charge on any atom is 0.323 e. The Morgan fingerprint density at radius 1 is 1.53 bits per heavy atom. The lowest BCUT2D eigenvalue weighted by atomic mass is 9.87. The first-order valence-electron chi connectivity index (χ1n) is 6.34. The van der Waals surface area contributed by atoms with Gasteiger partial charge in [-0.1, -0.05) is 23.7 Å². The first-order valence-corrected chi connectivity index (χ1v) is 6.72. The van der Waals surface area contributed by atoms with Crippen LogP contribution in [0.25, 0.3) is 10.9 Å². The first-order chi connectivity index (χ1) is 9.13. The Labute approximate surface area is 115 Å². The van der Waals surface area contributed by atoms with E-state index >= 15 is 0 Å². The Hall–Kier alpha value is -1.52. The number of aliphatic hydroxyl groups is 1. The van der Waals surface area contributed by atoms with E-state index in [1.54, 1.807) is 6.07 Å². The summed E-state index contributed by atoms with van der Waals surface area (Å²) in [5, 5.41) is 10.8. The lowest BCUT2D eigenvalue weighted by molar-refractivity contribution is 0.212. The SMILES string of the molecule is NC(=O)n1c2c(c3cccc(Cl)c31)CC(CO)CC2. The molecule has 1 aliphatic carbocycles. The number of hydrogen-bond donors (Lipinski definition) is 2.